The van der Waals surface area contributed by atoms with Gasteiger partial charge in [0.15, 0.2) is 9.84 Å². The van der Waals surface area contributed by atoms with Gasteiger partial charge in [-0.2, -0.15) is 0 Å². The summed E-state index contributed by atoms with van der Waals surface area (Å²) < 4.78 is 21.8. The highest BCUT2D eigenvalue weighted by molar-refractivity contribution is 7.95. The van der Waals surface area contributed by atoms with Gasteiger partial charge in [0.1, 0.15) is 0 Å². The molecule has 0 atom stereocenters. The average molecular weight is 146 g/mol. The lowest BCUT2D eigenvalue weighted by atomic mass is 10.3. The van der Waals surface area contributed by atoms with Crippen molar-refractivity contribution in [1.29, 1.82) is 0 Å². The zero-order chi connectivity index (χ0) is 6.91. The van der Waals surface area contributed by atoms with E-state index in [4.69, 9.17) is 0 Å². The normalized spacial score (nSPS) is 25.2. The molecular formula is C6H10O2S. The van der Waals surface area contributed by atoms with Crippen LogP contribution in [-0.2, 0) is 9.84 Å². The van der Waals surface area contributed by atoms with Gasteiger partial charge < -0.3 is 0 Å². The van der Waals surface area contributed by atoms with Crippen LogP contribution in [0.4, 0.5) is 0 Å². The molecule has 0 unspecified atom stereocenters. The molecule has 52 valence electrons. The Morgan fingerprint density at radius 1 is 1.56 bits per heavy atom. The smallest absolute Gasteiger partial charge is 0.173 e. The monoisotopic (exact) mass is 146 g/mol. The molecule has 3 heteroatoms. The Bertz CT molecular complexity index is 223. The van der Waals surface area contributed by atoms with Crippen LogP contribution < -0.4 is 0 Å². The van der Waals surface area contributed by atoms with E-state index in [2.05, 4.69) is 0 Å². The Morgan fingerprint density at radius 3 is 2.56 bits per heavy atom. The Balaban J connectivity index is 3.01. The fourth-order valence-electron chi connectivity index (χ4n) is 0.867. The van der Waals surface area contributed by atoms with Crippen LogP contribution in [0, 0.1) is 0 Å². The summed E-state index contributed by atoms with van der Waals surface area (Å²) in [7, 11) is -2.80. The van der Waals surface area contributed by atoms with Crippen LogP contribution in [-0.4, -0.2) is 14.2 Å². The topological polar surface area (TPSA) is 34.1 Å². The van der Waals surface area contributed by atoms with E-state index in [1.54, 1.807) is 13.0 Å². The quantitative estimate of drug-likeness (QED) is 0.513. The van der Waals surface area contributed by atoms with E-state index in [0.717, 1.165) is 12.8 Å². The minimum atomic E-state index is -2.80. The minimum Gasteiger partial charge on any atom is -0.224 e. The Hall–Kier alpha value is -0.310. The summed E-state index contributed by atoms with van der Waals surface area (Å²) in [5, 5.41) is 0. The van der Waals surface area contributed by atoms with Crippen LogP contribution >= 0.6 is 0 Å². The Morgan fingerprint density at radius 2 is 2.22 bits per heavy atom. The lowest BCUT2D eigenvalue weighted by Gasteiger charge is -2.08. The fourth-order valence-corrected chi connectivity index (χ4v) is 2.11. The molecular weight excluding hydrogens is 136 g/mol. The van der Waals surface area contributed by atoms with Crippen LogP contribution in [0.2, 0.25) is 0 Å². The van der Waals surface area contributed by atoms with E-state index in [1.807, 2.05) is 0 Å². The molecule has 0 aromatic rings. The van der Waals surface area contributed by atoms with Gasteiger partial charge >= 0.3 is 0 Å². The van der Waals surface area contributed by atoms with Crippen molar-refractivity contribution in [1.82, 2.24) is 0 Å². The minimum absolute atomic E-state index is 0.343. The summed E-state index contributed by atoms with van der Waals surface area (Å²) in [6, 6.07) is 0. The van der Waals surface area contributed by atoms with Crippen LogP contribution in [0.15, 0.2) is 11.0 Å². The van der Waals surface area contributed by atoms with Crippen LogP contribution in [0.1, 0.15) is 19.8 Å². The molecule has 0 aromatic heterocycles. The van der Waals surface area contributed by atoms with Gasteiger partial charge in [0.05, 0.1) is 5.75 Å². The van der Waals surface area contributed by atoms with Gasteiger partial charge in [0, 0.05) is 4.91 Å². The molecule has 0 aromatic carbocycles. The lowest BCUT2D eigenvalue weighted by molar-refractivity contribution is 0.596. The van der Waals surface area contributed by atoms with E-state index < -0.39 is 9.84 Å². The molecule has 0 spiro atoms. The van der Waals surface area contributed by atoms with Crippen molar-refractivity contribution in [2.45, 2.75) is 19.8 Å². The molecule has 0 amide bonds. The van der Waals surface area contributed by atoms with Gasteiger partial charge in [-0.3, -0.25) is 0 Å². The SMILES string of the molecule is CC1=CCCCS1(=O)=O. The van der Waals surface area contributed by atoms with Gasteiger partial charge in [-0.05, 0) is 19.8 Å². The summed E-state index contributed by atoms with van der Waals surface area (Å²) in [5.74, 6) is 0.343. The van der Waals surface area contributed by atoms with Gasteiger partial charge in [0.25, 0.3) is 0 Å². The molecule has 0 N–H and O–H groups in total. The molecule has 0 bridgehead atoms. The zero-order valence-corrected chi connectivity index (χ0v) is 6.24. The lowest BCUT2D eigenvalue weighted by Crippen LogP contribution is -2.10. The predicted molar refractivity (Wildman–Crippen MR) is 36.8 cm³/mol. The van der Waals surface area contributed by atoms with Crippen LogP contribution in [0.25, 0.3) is 0 Å². The van der Waals surface area contributed by atoms with Crippen molar-refractivity contribution in [2.24, 2.45) is 0 Å². The molecule has 0 saturated heterocycles. The highest BCUT2D eigenvalue weighted by Crippen LogP contribution is 2.15. The molecule has 0 aliphatic carbocycles. The molecule has 0 saturated carbocycles. The predicted octanol–water partition coefficient (Wildman–Crippen LogP) is 1.10. The molecule has 1 aliphatic rings. The van der Waals surface area contributed by atoms with Gasteiger partial charge in [0.2, 0.25) is 0 Å². The van der Waals surface area contributed by atoms with E-state index in [9.17, 15) is 8.42 Å². The first-order chi connectivity index (χ1) is 4.13. The van der Waals surface area contributed by atoms with Gasteiger partial charge in [-0.25, -0.2) is 8.42 Å². The van der Waals surface area contributed by atoms with Crippen molar-refractivity contribution in [3.05, 3.63) is 11.0 Å². The summed E-state index contributed by atoms with van der Waals surface area (Å²) >= 11 is 0. The highest BCUT2D eigenvalue weighted by atomic mass is 32.2. The third-order valence-electron chi connectivity index (χ3n) is 1.54. The molecule has 1 rings (SSSR count). The van der Waals surface area contributed by atoms with Crippen molar-refractivity contribution >= 4 is 9.84 Å². The first kappa shape index (κ1) is 6.81. The molecule has 2 nitrogen and oxygen atoms in total. The summed E-state index contributed by atoms with van der Waals surface area (Å²) in [6.07, 6.45) is 3.50. The van der Waals surface area contributed by atoms with Crippen molar-refractivity contribution in [2.75, 3.05) is 5.75 Å². The van der Waals surface area contributed by atoms with E-state index >= 15 is 0 Å². The number of allylic oxidation sites excluding steroid dienone is 2. The number of sulfone groups is 1. The molecule has 1 aliphatic heterocycles. The fraction of sp³-hybridized carbons (Fsp3) is 0.667. The van der Waals surface area contributed by atoms with Crippen LogP contribution in [0.5, 0.6) is 0 Å². The zero-order valence-electron chi connectivity index (χ0n) is 5.42. The second-order valence-corrected chi connectivity index (χ2v) is 4.56. The Kier molecular flexibility index (Phi) is 1.62. The van der Waals surface area contributed by atoms with Crippen LogP contribution in [0.3, 0.4) is 0 Å². The maximum absolute atomic E-state index is 10.9. The second-order valence-electron chi connectivity index (χ2n) is 2.28. The standard InChI is InChI=1S/C6H10O2S/c1-6-4-2-3-5-9(6,7)8/h4H,2-3,5H2,1H3. The number of hydrogen-bond donors (Lipinski definition) is 0. The third-order valence-corrected chi connectivity index (χ3v) is 3.51. The summed E-state index contributed by atoms with van der Waals surface area (Å²) in [4.78, 5) is 0.550. The largest absolute Gasteiger partial charge is 0.224 e. The maximum Gasteiger partial charge on any atom is 0.173 e. The van der Waals surface area contributed by atoms with Crippen molar-refractivity contribution < 1.29 is 8.42 Å². The number of hydrogen-bond acceptors (Lipinski definition) is 2. The number of rotatable bonds is 0. The van der Waals surface area contributed by atoms with E-state index in [-0.39, 0.29) is 0 Å². The maximum atomic E-state index is 10.9. The molecule has 1 heterocycles. The average Bonchev–Trinajstić information content (AvgIpc) is 1.77. The Labute approximate surface area is 55.5 Å². The first-order valence-electron chi connectivity index (χ1n) is 3.02. The van der Waals surface area contributed by atoms with Gasteiger partial charge in [-0.1, -0.05) is 6.08 Å². The van der Waals surface area contributed by atoms with E-state index in [1.165, 1.54) is 0 Å². The second kappa shape index (κ2) is 2.14. The molecule has 0 radical (unpaired) electrons. The third kappa shape index (κ3) is 1.33. The van der Waals surface area contributed by atoms with E-state index in [0.29, 0.717) is 10.7 Å². The van der Waals surface area contributed by atoms with Crippen molar-refractivity contribution in [3.8, 4) is 0 Å². The molecule has 9 heavy (non-hydrogen) atoms. The molecule has 0 fully saturated rings. The summed E-state index contributed by atoms with van der Waals surface area (Å²) in [6.45, 7) is 1.66. The summed E-state index contributed by atoms with van der Waals surface area (Å²) in [5.41, 5.74) is 0. The highest BCUT2D eigenvalue weighted by Gasteiger charge is 2.15. The van der Waals surface area contributed by atoms with Crippen molar-refractivity contribution in [3.63, 3.8) is 0 Å². The first-order valence-corrected chi connectivity index (χ1v) is 4.68. The van der Waals surface area contributed by atoms with Gasteiger partial charge in [-0.15, -0.1) is 0 Å².